The zero-order valence-electron chi connectivity index (χ0n) is 13.3. The minimum Gasteiger partial charge on any atom is -0.367 e. The second-order valence-corrected chi connectivity index (χ2v) is 7.62. The smallest absolute Gasteiger partial charge is 0.0760 e. The normalized spacial score (nSPS) is 28.4. The molecule has 2 rings (SSSR count). The maximum absolute atomic E-state index is 6.13. The van der Waals surface area contributed by atoms with Crippen LogP contribution in [0.1, 0.15) is 59.8 Å². The highest BCUT2D eigenvalue weighted by molar-refractivity contribution is 4.89. The van der Waals surface area contributed by atoms with Crippen LogP contribution in [-0.4, -0.2) is 48.3 Å². The van der Waals surface area contributed by atoms with Crippen LogP contribution in [0.25, 0.3) is 0 Å². The van der Waals surface area contributed by atoms with E-state index in [-0.39, 0.29) is 11.2 Å². The van der Waals surface area contributed by atoms with E-state index in [0.717, 1.165) is 32.2 Å². The first-order chi connectivity index (χ1) is 8.86. The highest BCUT2D eigenvalue weighted by atomic mass is 16.5. The van der Waals surface area contributed by atoms with Gasteiger partial charge in [-0.05, 0) is 40.5 Å². The minimum atomic E-state index is -0.0212. The van der Waals surface area contributed by atoms with Crippen molar-refractivity contribution in [3.63, 3.8) is 0 Å². The Kier molecular flexibility index (Phi) is 4.91. The Bertz CT molecular complexity index is 266. The summed E-state index contributed by atoms with van der Waals surface area (Å²) < 4.78 is 6.13. The fourth-order valence-corrected chi connectivity index (χ4v) is 3.84. The van der Waals surface area contributed by atoms with Crippen LogP contribution in [0, 0.1) is 0 Å². The molecule has 1 saturated carbocycles. The molecule has 112 valence electrons. The van der Waals surface area contributed by atoms with Crippen molar-refractivity contribution in [2.24, 2.45) is 0 Å². The van der Waals surface area contributed by atoms with Gasteiger partial charge in [-0.25, -0.2) is 0 Å². The Balaban J connectivity index is 1.72. The first-order valence-electron chi connectivity index (χ1n) is 8.02. The van der Waals surface area contributed by atoms with Crippen LogP contribution in [0.5, 0.6) is 0 Å². The first-order valence-corrected chi connectivity index (χ1v) is 8.02. The quantitative estimate of drug-likeness (QED) is 0.848. The standard InChI is InChI=1S/C16H32N2O/c1-15(2)12-18(13-16(3,4)19-15)11-10-17-14-8-6-5-7-9-14/h14,17H,5-13H2,1-4H3. The maximum atomic E-state index is 6.13. The SMILES string of the molecule is CC1(C)CN(CCNC2CCCCC2)CC(C)(C)O1. The molecule has 1 aliphatic heterocycles. The van der Waals surface area contributed by atoms with Gasteiger partial charge in [-0.3, -0.25) is 4.90 Å². The van der Waals surface area contributed by atoms with Crippen LogP contribution in [0.15, 0.2) is 0 Å². The van der Waals surface area contributed by atoms with Gasteiger partial charge in [-0.1, -0.05) is 19.3 Å². The lowest BCUT2D eigenvalue weighted by atomic mass is 9.95. The van der Waals surface area contributed by atoms with Crippen molar-refractivity contribution >= 4 is 0 Å². The van der Waals surface area contributed by atoms with Crippen LogP contribution in [0.4, 0.5) is 0 Å². The number of morpholine rings is 1. The molecule has 19 heavy (non-hydrogen) atoms. The van der Waals surface area contributed by atoms with Crippen LogP contribution < -0.4 is 5.32 Å². The second-order valence-electron chi connectivity index (χ2n) is 7.62. The average molecular weight is 268 g/mol. The summed E-state index contributed by atoms with van der Waals surface area (Å²) >= 11 is 0. The Morgan fingerprint density at radius 1 is 1.00 bits per heavy atom. The van der Waals surface area contributed by atoms with E-state index < -0.39 is 0 Å². The molecule has 2 fully saturated rings. The fraction of sp³-hybridized carbons (Fsp3) is 1.00. The van der Waals surface area contributed by atoms with E-state index in [9.17, 15) is 0 Å². The number of ether oxygens (including phenoxy) is 1. The largest absolute Gasteiger partial charge is 0.367 e. The fourth-order valence-electron chi connectivity index (χ4n) is 3.84. The molecule has 0 radical (unpaired) electrons. The number of nitrogens with zero attached hydrogens (tertiary/aromatic N) is 1. The third kappa shape index (κ3) is 5.05. The topological polar surface area (TPSA) is 24.5 Å². The molecule has 1 heterocycles. The highest BCUT2D eigenvalue weighted by Crippen LogP contribution is 2.27. The van der Waals surface area contributed by atoms with Crippen molar-refractivity contribution in [2.45, 2.75) is 77.0 Å². The van der Waals surface area contributed by atoms with Crippen LogP contribution in [0.2, 0.25) is 0 Å². The van der Waals surface area contributed by atoms with E-state index in [1.165, 1.54) is 32.1 Å². The molecule has 0 aromatic heterocycles. The van der Waals surface area contributed by atoms with Gasteiger partial charge in [-0.2, -0.15) is 0 Å². The number of rotatable bonds is 4. The average Bonchev–Trinajstić information content (AvgIpc) is 2.26. The maximum Gasteiger partial charge on any atom is 0.0760 e. The summed E-state index contributed by atoms with van der Waals surface area (Å²) in [6.07, 6.45) is 7.01. The zero-order valence-corrected chi connectivity index (χ0v) is 13.3. The van der Waals surface area contributed by atoms with E-state index in [1.807, 2.05) is 0 Å². The molecule has 0 unspecified atom stereocenters. The molecule has 0 aromatic carbocycles. The van der Waals surface area contributed by atoms with Crippen molar-refractivity contribution in [3.05, 3.63) is 0 Å². The molecule has 3 heteroatoms. The van der Waals surface area contributed by atoms with Crippen molar-refractivity contribution < 1.29 is 4.74 Å². The number of hydrogen-bond acceptors (Lipinski definition) is 3. The molecule has 0 aromatic rings. The van der Waals surface area contributed by atoms with Crippen LogP contribution in [-0.2, 0) is 4.74 Å². The molecule has 3 nitrogen and oxygen atoms in total. The van der Waals surface area contributed by atoms with E-state index in [4.69, 9.17) is 4.74 Å². The number of hydrogen-bond donors (Lipinski definition) is 1. The van der Waals surface area contributed by atoms with E-state index in [0.29, 0.717) is 0 Å². The summed E-state index contributed by atoms with van der Waals surface area (Å²) in [5, 5.41) is 3.74. The zero-order chi connectivity index (χ0) is 13.9. The molecule has 1 aliphatic carbocycles. The Morgan fingerprint density at radius 3 is 2.16 bits per heavy atom. The molecule has 1 N–H and O–H groups in total. The van der Waals surface area contributed by atoms with Gasteiger partial charge in [0.2, 0.25) is 0 Å². The van der Waals surface area contributed by atoms with Gasteiger partial charge in [0.25, 0.3) is 0 Å². The van der Waals surface area contributed by atoms with Gasteiger partial charge in [0.05, 0.1) is 11.2 Å². The molecule has 0 amide bonds. The monoisotopic (exact) mass is 268 g/mol. The van der Waals surface area contributed by atoms with Gasteiger partial charge in [0.15, 0.2) is 0 Å². The molecule has 0 atom stereocenters. The summed E-state index contributed by atoms with van der Waals surface area (Å²) in [4.78, 5) is 2.55. The van der Waals surface area contributed by atoms with Gasteiger partial charge < -0.3 is 10.1 Å². The Morgan fingerprint density at radius 2 is 1.58 bits per heavy atom. The molecule has 0 spiro atoms. The van der Waals surface area contributed by atoms with E-state index in [1.54, 1.807) is 0 Å². The Hall–Kier alpha value is -0.120. The lowest BCUT2D eigenvalue weighted by Crippen LogP contribution is -2.58. The minimum absolute atomic E-state index is 0.0212. The summed E-state index contributed by atoms with van der Waals surface area (Å²) in [5.74, 6) is 0. The van der Waals surface area contributed by atoms with Crippen molar-refractivity contribution in [3.8, 4) is 0 Å². The first kappa shape index (κ1) is 15.3. The van der Waals surface area contributed by atoms with Crippen LogP contribution in [0.3, 0.4) is 0 Å². The van der Waals surface area contributed by atoms with Crippen molar-refractivity contribution in [2.75, 3.05) is 26.2 Å². The van der Waals surface area contributed by atoms with Gasteiger partial charge >= 0.3 is 0 Å². The molecular weight excluding hydrogens is 236 g/mol. The lowest BCUT2D eigenvalue weighted by molar-refractivity contribution is -0.180. The van der Waals surface area contributed by atoms with Crippen molar-refractivity contribution in [1.29, 1.82) is 0 Å². The van der Waals surface area contributed by atoms with Gasteiger partial charge in [-0.15, -0.1) is 0 Å². The third-order valence-corrected chi connectivity index (χ3v) is 4.23. The van der Waals surface area contributed by atoms with E-state index in [2.05, 4.69) is 37.9 Å². The molecule has 1 saturated heterocycles. The summed E-state index contributed by atoms with van der Waals surface area (Å²) in [6.45, 7) is 13.2. The Labute approximate surface area is 119 Å². The van der Waals surface area contributed by atoms with Gasteiger partial charge in [0, 0.05) is 32.2 Å². The lowest BCUT2D eigenvalue weighted by Gasteiger charge is -2.47. The predicted octanol–water partition coefficient (Wildman–Crippen LogP) is 2.80. The predicted molar refractivity (Wildman–Crippen MR) is 80.6 cm³/mol. The van der Waals surface area contributed by atoms with Crippen LogP contribution >= 0.6 is 0 Å². The highest BCUT2D eigenvalue weighted by Gasteiger charge is 2.37. The number of nitrogens with one attached hydrogen (secondary N) is 1. The summed E-state index contributed by atoms with van der Waals surface area (Å²) in [6, 6.07) is 0.774. The van der Waals surface area contributed by atoms with Gasteiger partial charge in [0.1, 0.15) is 0 Å². The molecule has 0 bridgehead atoms. The summed E-state index contributed by atoms with van der Waals surface area (Å²) in [5.41, 5.74) is -0.0425. The van der Waals surface area contributed by atoms with Crippen molar-refractivity contribution in [1.82, 2.24) is 10.2 Å². The third-order valence-electron chi connectivity index (χ3n) is 4.23. The second kappa shape index (κ2) is 6.11. The summed E-state index contributed by atoms with van der Waals surface area (Å²) in [7, 11) is 0. The molecule has 2 aliphatic rings. The van der Waals surface area contributed by atoms with E-state index >= 15 is 0 Å². The molecular formula is C16H32N2O.